The molecule has 0 amide bonds. The van der Waals surface area contributed by atoms with Gasteiger partial charge in [-0.05, 0) is 49.4 Å². The first-order chi connectivity index (χ1) is 14.6. The summed E-state index contributed by atoms with van der Waals surface area (Å²) in [6, 6.07) is 14.5. The lowest BCUT2D eigenvalue weighted by molar-refractivity contribution is -0.201. The Bertz CT molecular complexity index is 1030. The van der Waals surface area contributed by atoms with E-state index in [-0.39, 0.29) is 30.0 Å². The summed E-state index contributed by atoms with van der Waals surface area (Å²) in [5, 5.41) is 10.5. The third kappa shape index (κ3) is 2.54. The lowest BCUT2D eigenvalue weighted by Crippen LogP contribution is -2.77. The minimum absolute atomic E-state index is 0. The van der Waals surface area contributed by atoms with Crippen LogP contribution in [-0.2, 0) is 27.8 Å². The Morgan fingerprint density at radius 1 is 1.19 bits per heavy atom. The zero-order valence-corrected chi connectivity index (χ0v) is 18.5. The number of nitrogens with zero attached hydrogens (tertiary/aromatic N) is 1. The minimum Gasteiger partial charge on any atom is -0.504 e. The molecule has 4 atom stereocenters. The number of methoxy groups -OCH3 is 1. The fourth-order valence-electron chi connectivity index (χ4n) is 6.99. The first kappa shape index (κ1) is 20.8. The van der Waals surface area contributed by atoms with Crippen LogP contribution in [-0.4, -0.2) is 53.7 Å². The Kier molecular flexibility index (Phi) is 4.85. The number of rotatable bonds is 4. The molecule has 2 bridgehead atoms. The zero-order valence-electron chi connectivity index (χ0n) is 17.7. The maximum Gasteiger partial charge on any atom is 0.174 e. The Morgan fingerprint density at radius 2 is 2.00 bits per heavy atom. The van der Waals surface area contributed by atoms with Crippen molar-refractivity contribution in [3.63, 3.8) is 0 Å². The second-order valence-corrected chi connectivity index (χ2v) is 9.22. The first-order valence-electron chi connectivity index (χ1n) is 11.0. The fourth-order valence-corrected chi connectivity index (χ4v) is 6.99. The Morgan fingerprint density at radius 3 is 2.77 bits per heavy atom. The molecule has 4 aliphatic rings. The van der Waals surface area contributed by atoms with Crippen LogP contribution >= 0.6 is 12.4 Å². The Hall–Kier alpha value is -2.08. The van der Waals surface area contributed by atoms with E-state index >= 15 is 0 Å². The van der Waals surface area contributed by atoms with E-state index in [9.17, 15) is 9.90 Å². The predicted molar refractivity (Wildman–Crippen MR) is 119 cm³/mol. The number of carbonyl (C=O) groups is 1. The van der Waals surface area contributed by atoms with Crippen LogP contribution in [0.25, 0.3) is 0 Å². The van der Waals surface area contributed by atoms with E-state index in [1.165, 1.54) is 11.1 Å². The van der Waals surface area contributed by atoms with Crippen LogP contribution in [0.2, 0.25) is 0 Å². The molecule has 2 fully saturated rings. The second-order valence-electron chi connectivity index (χ2n) is 9.22. The lowest BCUT2D eigenvalue weighted by atomic mass is 9.49. The molecule has 2 heterocycles. The van der Waals surface area contributed by atoms with Crippen LogP contribution < -0.4 is 4.74 Å². The highest BCUT2D eigenvalue weighted by Crippen LogP contribution is 2.65. The fraction of sp³-hybridized carbons (Fsp3) is 0.480. The molecule has 164 valence electrons. The molecule has 6 rings (SSSR count). The van der Waals surface area contributed by atoms with Crippen LogP contribution in [0, 0.1) is 0 Å². The highest BCUT2D eigenvalue weighted by Gasteiger charge is 2.73. The van der Waals surface area contributed by atoms with Crippen LogP contribution in [0.3, 0.4) is 0 Å². The molecular formula is C25H28ClNO4. The number of phenolic OH excluding ortho intramolecular Hbond substituents is 1. The summed E-state index contributed by atoms with van der Waals surface area (Å²) < 4.78 is 12.6. The molecule has 1 saturated carbocycles. The lowest BCUT2D eigenvalue weighted by Gasteiger charge is -2.64. The van der Waals surface area contributed by atoms with Crippen molar-refractivity contribution >= 4 is 18.2 Å². The quantitative estimate of drug-likeness (QED) is 0.787. The van der Waals surface area contributed by atoms with Gasteiger partial charge in [-0.25, -0.2) is 0 Å². The van der Waals surface area contributed by atoms with Crippen LogP contribution in [0.5, 0.6) is 11.5 Å². The maximum atomic E-state index is 13.0. The van der Waals surface area contributed by atoms with E-state index in [0.29, 0.717) is 18.6 Å². The molecule has 2 aliphatic heterocycles. The van der Waals surface area contributed by atoms with Gasteiger partial charge in [-0.1, -0.05) is 36.4 Å². The number of piperidine rings is 1. The van der Waals surface area contributed by atoms with Gasteiger partial charge in [-0.3, -0.25) is 9.69 Å². The van der Waals surface area contributed by atoms with E-state index in [1.54, 1.807) is 13.2 Å². The normalized spacial score (nSPS) is 32.7. The molecule has 5 nitrogen and oxygen atoms in total. The average molecular weight is 442 g/mol. The van der Waals surface area contributed by atoms with E-state index in [1.807, 2.05) is 6.07 Å². The highest BCUT2D eigenvalue weighted by molar-refractivity contribution is 5.90. The number of ether oxygens (including phenoxy) is 2. The van der Waals surface area contributed by atoms with Crippen LogP contribution in [0.1, 0.15) is 36.0 Å². The van der Waals surface area contributed by atoms with Crippen LogP contribution in [0.15, 0.2) is 42.5 Å². The smallest absolute Gasteiger partial charge is 0.174 e. The number of Topliss-reactive ketones (excluding diaryl/α,β-unsaturated/α-hetero) is 1. The maximum absolute atomic E-state index is 13.0. The molecule has 0 radical (unpaired) electrons. The van der Waals surface area contributed by atoms with Gasteiger partial charge >= 0.3 is 0 Å². The number of hydrogen-bond donors (Lipinski definition) is 1. The molecule has 1 unspecified atom stereocenters. The van der Waals surface area contributed by atoms with Crippen LogP contribution in [0.4, 0.5) is 0 Å². The second kappa shape index (κ2) is 7.22. The van der Waals surface area contributed by atoms with Crippen molar-refractivity contribution < 1.29 is 19.4 Å². The number of likely N-dealkylation sites (tertiary alicyclic amines) is 1. The topological polar surface area (TPSA) is 59.0 Å². The van der Waals surface area contributed by atoms with E-state index < -0.39 is 17.1 Å². The summed E-state index contributed by atoms with van der Waals surface area (Å²) in [6.45, 7) is 1.87. The third-order valence-electron chi connectivity index (χ3n) is 8.22. The molecule has 2 aliphatic carbocycles. The zero-order chi connectivity index (χ0) is 20.5. The van der Waals surface area contributed by atoms with Gasteiger partial charge in [-0.2, -0.15) is 0 Å². The van der Waals surface area contributed by atoms with Crippen molar-refractivity contribution in [1.82, 2.24) is 4.90 Å². The average Bonchev–Trinajstić information content (AvgIpc) is 3.13. The standard InChI is InChI=1S/C25H27NO4.ClH/c1-29-25-11-9-19(28)23-24(25)12-14-26(13-10-16-5-3-2-4-6-16)20(25)15-17-7-8-18(27)22(30-23)21(17)24;/h2-8,20,23,27H,9-15H2,1H3;1H/t20-,23?,24+,25-;/m1./s1. The number of benzene rings is 2. The number of hydrogen-bond acceptors (Lipinski definition) is 5. The summed E-state index contributed by atoms with van der Waals surface area (Å²) in [4.78, 5) is 15.6. The molecule has 2 aromatic carbocycles. The van der Waals surface area contributed by atoms with Gasteiger partial charge < -0.3 is 14.6 Å². The van der Waals surface area contributed by atoms with E-state index in [2.05, 4.69) is 35.2 Å². The summed E-state index contributed by atoms with van der Waals surface area (Å²) in [6.07, 6.45) is 3.30. The SMILES string of the molecule is CO[C@@]12CCC(=O)C3Oc4c(O)ccc5c4[C@@]31CCN(CCc1ccccc1)[C@@H]2C5.Cl. The monoisotopic (exact) mass is 441 g/mol. The number of halogens is 1. The predicted octanol–water partition coefficient (Wildman–Crippen LogP) is 3.43. The van der Waals surface area contributed by atoms with Gasteiger partial charge in [0.2, 0.25) is 0 Å². The first-order valence-corrected chi connectivity index (χ1v) is 11.0. The number of aromatic hydroxyl groups is 1. The van der Waals surface area contributed by atoms with E-state index in [0.717, 1.165) is 37.9 Å². The van der Waals surface area contributed by atoms with Crippen molar-refractivity contribution in [2.45, 2.75) is 55.3 Å². The van der Waals surface area contributed by atoms with Gasteiger partial charge in [0, 0.05) is 31.7 Å². The molecule has 1 spiro atoms. The van der Waals surface area contributed by atoms with Crippen molar-refractivity contribution in [1.29, 1.82) is 0 Å². The van der Waals surface area contributed by atoms with Gasteiger partial charge in [0.05, 0.1) is 11.0 Å². The Labute approximate surface area is 188 Å². The molecule has 0 aromatic heterocycles. The number of ketones is 1. The van der Waals surface area contributed by atoms with Crippen molar-refractivity contribution in [3.8, 4) is 11.5 Å². The molecule has 1 N–H and O–H groups in total. The summed E-state index contributed by atoms with van der Waals surface area (Å²) in [5.74, 6) is 0.799. The number of phenols is 1. The molecule has 31 heavy (non-hydrogen) atoms. The third-order valence-corrected chi connectivity index (χ3v) is 8.22. The molecule has 1 saturated heterocycles. The minimum atomic E-state index is -0.549. The molecule has 6 heteroatoms. The van der Waals surface area contributed by atoms with Gasteiger partial charge in [0.15, 0.2) is 23.4 Å². The van der Waals surface area contributed by atoms with Crippen molar-refractivity contribution in [2.75, 3.05) is 20.2 Å². The highest BCUT2D eigenvalue weighted by atomic mass is 35.5. The van der Waals surface area contributed by atoms with Crippen molar-refractivity contribution in [3.05, 3.63) is 59.2 Å². The number of carbonyl (C=O) groups excluding carboxylic acids is 1. The summed E-state index contributed by atoms with van der Waals surface area (Å²) >= 11 is 0. The summed E-state index contributed by atoms with van der Waals surface area (Å²) in [7, 11) is 1.80. The van der Waals surface area contributed by atoms with Gasteiger partial charge in [0.1, 0.15) is 0 Å². The molecular weight excluding hydrogens is 414 g/mol. The summed E-state index contributed by atoms with van der Waals surface area (Å²) in [5.41, 5.74) is 2.62. The van der Waals surface area contributed by atoms with E-state index in [4.69, 9.17) is 9.47 Å². The van der Waals surface area contributed by atoms with Gasteiger partial charge in [-0.15, -0.1) is 12.4 Å². The van der Waals surface area contributed by atoms with Gasteiger partial charge in [0.25, 0.3) is 0 Å². The Balaban J connectivity index is 0.00000204. The molecule has 2 aromatic rings. The van der Waals surface area contributed by atoms with Crippen molar-refractivity contribution in [2.24, 2.45) is 0 Å². The largest absolute Gasteiger partial charge is 0.504 e.